The maximum absolute atomic E-state index is 14.0. The van der Waals surface area contributed by atoms with Gasteiger partial charge in [-0.05, 0) is 31.4 Å². The molecule has 4 nitrogen and oxygen atoms in total. The summed E-state index contributed by atoms with van der Waals surface area (Å²) in [7, 11) is 1.09. The van der Waals surface area contributed by atoms with E-state index in [9.17, 15) is 17.6 Å². The lowest BCUT2D eigenvalue weighted by Crippen LogP contribution is -2.34. The van der Waals surface area contributed by atoms with Gasteiger partial charge in [-0.2, -0.15) is 0 Å². The third-order valence-electron chi connectivity index (χ3n) is 3.56. The van der Waals surface area contributed by atoms with Crippen molar-refractivity contribution < 1.29 is 17.6 Å². The quantitative estimate of drug-likeness (QED) is 0.766. The first-order valence-corrected chi connectivity index (χ1v) is 9.04. The van der Waals surface area contributed by atoms with Gasteiger partial charge in [0.1, 0.15) is 10.7 Å². The largest absolute Gasteiger partial charge is 0.336 e. The monoisotopic (exact) mass is 353 g/mol. The standard InChI is InChI=1S/C13H14Cl2FNO3S/c1-7-3-8(2)17(6-7)13(18)9-4-12(21(15,19)20)10(14)5-11(9)16/h4-5,7-8H,3,6H2,1-2H3. The minimum Gasteiger partial charge on any atom is -0.336 e. The summed E-state index contributed by atoms with van der Waals surface area (Å²) in [6.45, 7) is 4.37. The van der Waals surface area contributed by atoms with Gasteiger partial charge in [0, 0.05) is 23.3 Å². The Balaban J connectivity index is 2.47. The third-order valence-corrected chi connectivity index (χ3v) is 5.35. The van der Waals surface area contributed by atoms with Crippen LogP contribution in [0, 0.1) is 11.7 Å². The highest BCUT2D eigenvalue weighted by molar-refractivity contribution is 8.13. The van der Waals surface area contributed by atoms with Crippen LogP contribution in [0.15, 0.2) is 17.0 Å². The van der Waals surface area contributed by atoms with Gasteiger partial charge >= 0.3 is 0 Å². The second kappa shape index (κ2) is 5.74. The summed E-state index contributed by atoms with van der Waals surface area (Å²) in [4.78, 5) is 13.5. The number of nitrogens with zero attached hydrogens (tertiary/aromatic N) is 1. The van der Waals surface area contributed by atoms with Crippen LogP contribution in [0.5, 0.6) is 0 Å². The van der Waals surface area contributed by atoms with Crippen LogP contribution in [-0.2, 0) is 9.05 Å². The van der Waals surface area contributed by atoms with Crippen molar-refractivity contribution in [2.45, 2.75) is 31.2 Å². The van der Waals surface area contributed by atoms with Gasteiger partial charge in [0.2, 0.25) is 0 Å². The minimum absolute atomic E-state index is 0.0290. The topological polar surface area (TPSA) is 54.5 Å². The van der Waals surface area contributed by atoms with Gasteiger partial charge < -0.3 is 4.90 Å². The van der Waals surface area contributed by atoms with E-state index in [2.05, 4.69) is 0 Å². The van der Waals surface area contributed by atoms with E-state index in [1.165, 1.54) is 4.90 Å². The first kappa shape index (κ1) is 16.5. The van der Waals surface area contributed by atoms with Crippen LogP contribution in [0.25, 0.3) is 0 Å². The van der Waals surface area contributed by atoms with Crippen molar-refractivity contribution in [3.05, 3.63) is 28.5 Å². The van der Waals surface area contributed by atoms with E-state index < -0.39 is 25.7 Å². The molecule has 0 radical (unpaired) electrons. The number of benzene rings is 1. The molecule has 1 aromatic rings. The van der Waals surface area contributed by atoms with Crippen LogP contribution >= 0.6 is 22.3 Å². The molecular formula is C13H14Cl2FNO3S. The molecule has 1 aliphatic heterocycles. The molecule has 2 atom stereocenters. The molecule has 0 spiro atoms. The van der Waals surface area contributed by atoms with Crippen molar-refractivity contribution in [1.29, 1.82) is 0 Å². The number of rotatable bonds is 2. The number of amides is 1. The van der Waals surface area contributed by atoms with Crippen molar-refractivity contribution >= 4 is 37.2 Å². The zero-order chi connectivity index (χ0) is 15.9. The van der Waals surface area contributed by atoms with E-state index in [4.69, 9.17) is 22.3 Å². The van der Waals surface area contributed by atoms with Gasteiger partial charge in [-0.1, -0.05) is 18.5 Å². The van der Waals surface area contributed by atoms with E-state index in [1.54, 1.807) is 0 Å². The third kappa shape index (κ3) is 3.33. The number of likely N-dealkylation sites (tertiary alicyclic amines) is 1. The summed E-state index contributed by atoms with van der Waals surface area (Å²) in [6, 6.07) is 1.67. The lowest BCUT2D eigenvalue weighted by atomic mass is 10.1. The fourth-order valence-corrected chi connectivity index (χ4v) is 4.12. The number of carbonyl (C=O) groups is 1. The summed E-state index contributed by atoms with van der Waals surface area (Å²) in [5.74, 6) is -1.10. The van der Waals surface area contributed by atoms with E-state index in [1.807, 2.05) is 13.8 Å². The van der Waals surface area contributed by atoms with E-state index >= 15 is 0 Å². The van der Waals surface area contributed by atoms with Gasteiger partial charge in [-0.15, -0.1) is 0 Å². The van der Waals surface area contributed by atoms with Crippen molar-refractivity contribution in [3.8, 4) is 0 Å². The van der Waals surface area contributed by atoms with Gasteiger partial charge in [0.15, 0.2) is 0 Å². The normalized spacial score (nSPS) is 22.6. The van der Waals surface area contributed by atoms with Crippen LogP contribution in [0.3, 0.4) is 0 Å². The average molecular weight is 354 g/mol. The first-order valence-electron chi connectivity index (χ1n) is 6.36. The number of hydrogen-bond acceptors (Lipinski definition) is 3. The molecule has 1 aromatic carbocycles. The van der Waals surface area contributed by atoms with Crippen molar-refractivity contribution in [2.75, 3.05) is 6.54 Å². The SMILES string of the molecule is CC1CC(C)N(C(=O)c2cc(S(=O)(=O)Cl)c(Cl)cc2F)C1. The predicted octanol–water partition coefficient (Wildman–Crippen LogP) is 3.28. The van der Waals surface area contributed by atoms with Crippen LogP contribution < -0.4 is 0 Å². The summed E-state index contributed by atoms with van der Waals surface area (Å²) < 4.78 is 36.8. The van der Waals surface area contributed by atoms with Crippen LogP contribution in [-0.4, -0.2) is 31.8 Å². The van der Waals surface area contributed by atoms with Gasteiger partial charge in [-0.3, -0.25) is 4.79 Å². The lowest BCUT2D eigenvalue weighted by molar-refractivity contribution is 0.0739. The molecule has 0 saturated carbocycles. The highest BCUT2D eigenvalue weighted by Crippen LogP contribution is 2.30. The first-order chi connectivity index (χ1) is 9.61. The number of carbonyl (C=O) groups excluding carboxylic acids is 1. The number of hydrogen-bond donors (Lipinski definition) is 0. The molecule has 1 fully saturated rings. The zero-order valence-electron chi connectivity index (χ0n) is 11.4. The Bertz CT molecular complexity index is 693. The van der Waals surface area contributed by atoms with Crippen molar-refractivity contribution in [1.82, 2.24) is 4.90 Å². The molecule has 0 aliphatic carbocycles. The Hall–Kier alpha value is -0.850. The molecular weight excluding hydrogens is 340 g/mol. The fraction of sp³-hybridized carbons (Fsp3) is 0.462. The number of halogens is 3. The summed E-state index contributed by atoms with van der Waals surface area (Å²) in [6.07, 6.45) is 0.821. The van der Waals surface area contributed by atoms with E-state index in [0.717, 1.165) is 18.6 Å². The molecule has 2 unspecified atom stereocenters. The molecule has 2 rings (SSSR count). The van der Waals surface area contributed by atoms with Gasteiger partial charge in [0.05, 0.1) is 10.6 Å². The second-order valence-electron chi connectivity index (χ2n) is 5.35. The fourth-order valence-electron chi connectivity index (χ4n) is 2.62. The lowest BCUT2D eigenvalue weighted by Gasteiger charge is -2.22. The smallest absolute Gasteiger partial charge is 0.262 e. The van der Waals surface area contributed by atoms with Gasteiger partial charge in [0.25, 0.3) is 15.0 Å². The average Bonchev–Trinajstić information content (AvgIpc) is 2.66. The van der Waals surface area contributed by atoms with Gasteiger partial charge in [-0.25, -0.2) is 12.8 Å². The molecule has 0 bridgehead atoms. The molecule has 1 saturated heterocycles. The molecule has 1 heterocycles. The predicted molar refractivity (Wildman–Crippen MR) is 78.7 cm³/mol. The Labute approximate surface area is 132 Å². The Morgan fingerprint density at radius 3 is 2.48 bits per heavy atom. The van der Waals surface area contributed by atoms with E-state index in [0.29, 0.717) is 12.5 Å². The molecule has 116 valence electrons. The maximum Gasteiger partial charge on any atom is 0.262 e. The zero-order valence-corrected chi connectivity index (χ0v) is 13.8. The molecule has 0 aromatic heterocycles. The molecule has 0 N–H and O–H groups in total. The van der Waals surface area contributed by atoms with Crippen molar-refractivity contribution in [3.63, 3.8) is 0 Å². The molecule has 1 aliphatic rings. The second-order valence-corrected chi connectivity index (χ2v) is 8.29. The highest BCUT2D eigenvalue weighted by Gasteiger charge is 2.32. The van der Waals surface area contributed by atoms with Crippen LogP contribution in [0.1, 0.15) is 30.6 Å². The summed E-state index contributed by atoms with van der Waals surface area (Å²) in [5, 5.41) is -0.345. The summed E-state index contributed by atoms with van der Waals surface area (Å²) in [5.41, 5.74) is -0.334. The molecule has 8 heteroatoms. The minimum atomic E-state index is -4.15. The summed E-state index contributed by atoms with van der Waals surface area (Å²) >= 11 is 5.67. The van der Waals surface area contributed by atoms with Crippen LogP contribution in [0.4, 0.5) is 4.39 Å². The highest BCUT2D eigenvalue weighted by atomic mass is 35.7. The molecule has 21 heavy (non-hydrogen) atoms. The maximum atomic E-state index is 14.0. The molecule has 1 amide bonds. The van der Waals surface area contributed by atoms with Crippen molar-refractivity contribution in [2.24, 2.45) is 5.92 Å². The Kier molecular flexibility index (Phi) is 4.52. The Morgan fingerprint density at radius 2 is 2.00 bits per heavy atom. The van der Waals surface area contributed by atoms with E-state index in [-0.39, 0.29) is 16.6 Å². The van der Waals surface area contributed by atoms with Crippen LogP contribution in [0.2, 0.25) is 5.02 Å². The Morgan fingerprint density at radius 1 is 1.38 bits per heavy atom.